The van der Waals surface area contributed by atoms with E-state index in [2.05, 4.69) is 44.2 Å². The highest BCUT2D eigenvalue weighted by Gasteiger charge is 2.25. The van der Waals surface area contributed by atoms with Crippen molar-refractivity contribution in [2.45, 2.75) is 78.8 Å². The molecule has 0 saturated heterocycles. The summed E-state index contributed by atoms with van der Waals surface area (Å²) >= 11 is 0. The van der Waals surface area contributed by atoms with Gasteiger partial charge in [-0.3, -0.25) is 0 Å². The van der Waals surface area contributed by atoms with Crippen molar-refractivity contribution in [1.29, 1.82) is 0 Å². The van der Waals surface area contributed by atoms with Crippen LogP contribution in [0.25, 0.3) is 11.1 Å². The molecule has 0 aliphatic rings. The number of benzene rings is 3. The fourth-order valence-electron chi connectivity index (χ4n) is 4.50. The Bertz CT molecular complexity index is 1100. The van der Waals surface area contributed by atoms with Gasteiger partial charge in [-0.2, -0.15) is 0 Å². The highest BCUT2D eigenvalue weighted by Crippen LogP contribution is 2.36. The molecule has 0 saturated carbocycles. The second-order valence-corrected chi connectivity index (χ2v) is 9.05. The minimum absolute atomic E-state index is 0.0921. The van der Waals surface area contributed by atoms with E-state index in [0.717, 1.165) is 46.4 Å². The van der Waals surface area contributed by atoms with Gasteiger partial charge in [-0.15, -0.1) is 0 Å². The Morgan fingerprint density at radius 2 is 1.50 bits per heavy atom. The molecule has 0 aliphatic heterocycles. The molecule has 4 heteroatoms. The third kappa shape index (κ3) is 5.69. The third-order valence-electron chi connectivity index (χ3n) is 6.85. The van der Waals surface area contributed by atoms with Crippen LogP contribution in [0, 0.1) is 6.92 Å². The first-order valence-corrected chi connectivity index (χ1v) is 12.3. The Balaban J connectivity index is 1.91. The van der Waals surface area contributed by atoms with Crippen molar-refractivity contribution < 1.29 is 20.1 Å². The van der Waals surface area contributed by atoms with Crippen LogP contribution in [0.1, 0.15) is 73.4 Å². The van der Waals surface area contributed by atoms with Gasteiger partial charge in [0.25, 0.3) is 0 Å². The largest absolute Gasteiger partial charge is 0.489 e. The molecule has 3 aromatic carbocycles. The van der Waals surface area contributed by atoms with Gasteiger partial charge in [-0.05, 0) is 88.9 Å². The van der Waals surface area contributed by atoms with Crippen LogP contribution in [0.5, 0.6) is 5.75 Å². The molecule has 3 rings (SSSR count). The lowest BCUT2D eigenvalue weighted by Crippen LogP contribution is -2.23. The van der Waals surface area contributed by atoms with Crippen molar-refractivity contribution in [1.82, 2.24) is 0 Å². The summed E-state index contributed by atoms with van der Waals surface area (Å²) in [5.74, 6) is 0.780. The molecule has 0 amide bonds. The zero-order valence-corrected chi connectivity index (χ0v) is 20.9. The predicted molar refractivity (Wildman–Crippen MR) is 138 cm³/mol. The van der Waals surface area contributed by atoms with Crippen molar-refractivity contribution in [3.05, 3.63) is 88.0 Å². The zero-order valence-electron chi connectivity index (χ0n) is 20.9. The number of aliphatic hydroxyl groups excluding tert-OH is 2. The lowest BCUT2D eigenvalue weighted by atomic mass is 9.84. The smallest absolute Gasteiger partial charge is 0.120 e. The number of aryl methyl sites for hydroxylation is 2. The molecule has 0 aromatic heterocycles. The highest BCUT2D eigenvalue weighted by molar-refractivity contribution is 5.72. The molecule has 3 N–H and O–H groups in total. The molecule has 0 atom stereocenters. The first-order chi connectivity index (χ1) is 16.4. The molecule has 182 valence electrons. The van der Waals surface area contributed by atoms with Crippen molar-refractivity contribution in [2.75, 3.05) is 0 Å². The summed E-state index contributed by atoms with van der Waals surface area (Å²) < 4.78 is 6.11. The number of ether oxygens (including phenoxy) is 1. The van der Waals surface area contributed by atoms with Crippen LogP contribution in [-0.4, -0.2) is 15.3 Å². The Labute approximate surface area is 203 Å². The highest BCUT2D eigenvalue weighted by atomic mass is 16.5. The van der Waals surface area contributed by atoms with Crippen molar-refractivity contribution in [2.24, 2.45) is 0 Å². The molecule has 0 aliphatic carbocycles. The first-order valence-electron chi connectivity index (χ1n) is 12.3. The van der Waals surface area contributed by atoms with Crippen LogP contribution in [0.15, 0.2) is 54.6 Å². The molecule has 4 nitrogen and oxygen atoms in total. The molecular formula is C30H38O4. The molecule has 0 heterocycles. The maximum atomic E-state index is 11.1. The molecule has 0 spiro atoms. The topological polar surface area (TPSA) is 69.9 Å². The van der Waals surface area contributed by atoms with Crippen LogP contribution < -0.4 is 4.74 Å². The SMILES string of the molecule is CCCc1cc(C(O)(CC)CC)ccc1-c1cc(OCc2ccc(CO)c(CO)c2)ccc1C. The van der Waals surface area contributed by atoms with E-state index in [0.29, 0.717) is 19.4 Å². The molecular weight excluding hydrogens is 424 g/mol. The van der Waals surface area contributed by atoms with Crippen LogP contribution in [0.3, 0.4) is 0 Å². The lowest BCUT2D eigenvalue weighted by Gasteiger charge is -2.27. The monoisotopic (exact) mass is 462 g/mol. The summed E-state index contributed by atoms with van der Waals surface area (Å²) in [6.45, 7) is 8.52. The fourth-order valence-corrected chi connectivity index (χ4v) is 4.50. The van der Waals surface area contributed by atoms with Gasteiger partial charge in [0.1, 0.15) is 12.4 Å². The first kappa shape index (κ1) is 26.0. The van der Waals surface area contributed by atoms with E-state index in [4.69, 9.17) is 4.74 Å². The van der Waals surface area contributed by atoms with E-state index in [1.807, 2.05) is 38.1 Å². The average molecular weight is 463 g/mol. The van der Waals surface area contributed by atoms with E-state index in [1.165, 1.54) is 16.7 Å². The van der Waals surface area contributed by atoms with Crippen LogP contribution in [0.4, 0.5) is 0 Å². The van der Waals surface area contributed by atoms with Crippen LogP contribution >= 0.6 is 0 Å². The van der Waals surface area contributed by atoms with Crippen LogP contribution in [0.2, 0.25) is 0 Å². The number of hydrogen-bond acceptors (Lipinski definition) is 4. The fraction of sp³-hybridized carbons (Fsp3) is 0.400. The van der Waals surface area contributed by atoms with Crippen LogP contribution in [-0.2, 0) is 31.8 Å². The van der Waals surface area contributed by atoms with Gasteiger partial charge in [0, 0.05) is 0 Å². The van der Waals surface area contributed by atoms with Gasteiger partial charge < -0.3 is 20.1 Å². The van der Waals surface area contributed by atoms with E-state index >= 15 is 0 Å². The Kier molecular flexibility index (Phi) is 8.90. The minimum atomic E-state index is -0.792. The predicted octanol–water partition coefficient (Wildman–Crippen LogP) is 6.19. The molecule has 0 radical (unpaired) electrons. The van der Waals surface area contributed by atoms with Crippen molar-refractivity contribution in [3.8, 4) is 16.9 Å². The molecule has 3 aromatic rings. The quantitative estimate of drug-likeness (QED) is 0.318. The summed E-state index contributed by atoms with van der Waals surface area (Å²) in [6.07, 6.45) is 3.35. The van der Waals surface area contributed by atoms with Gasteiger partial charge in [0.15, 0.2) is 0 Å². The van der Waals surface area contributed by atoms with Gasteiger partial charge in [-0.25, -0.2) is 0 Å². The summed E-state index contributed by atoms with van der Waals surface area (Å²) in [5.41, 5.74) is 7.32. The van der Waals surface area contributed by atoms with Gasteiger partial charge >= 0.3 is 0 Å². The summed E-state index contributed by atoms with van der Waals surface area (Å²) in [4.78, 5) is 0. The third-order valence-corrected chi connectivity index (χ3v) is 6.85. The lowest BCUT2D eigenvalue weighted by molar-refractivity contribution is 0.0283. The van der Waals surface area contributed by atoms with E-state index in [1.54, 1.807) is 0 Å². The maximum Gasteiger partial charge on any atom is 0.120 e. The van der Waals surface area contributed by atoms with E-state index in [-0.39, 0.29) is 13.2 Å². The standard InChI is InChI=1S/C30H38O4/c1-5-8-23-16-26(30(33,6-2)7-3)12-14-28(23)29-17-27(13-9-21(29)4)34-20-22-10-11-24(18-31)25(15-22)19-32/h9-17,31-33H,5-8,18-20H2,1-4H3. The summed E-state index contributed by atoms with van der Waals surface area (Å²) in [6, 6.07) is 18.2. The summed E-state index contributed by atoms with van der Waals surface area (Å²) in [5, 5.41) is 30.0. The van der Waals surface area contributed by atoms with Gasteiger partial charge in [-0.1, -0.05) is 63.6 Å². The number of aliphatic hydroxyl groups is 3. The molecule has 0 bridgehead atoms. The second-order valence-electron chi connectivity index (χ2n) is 9.05. The van der Waals surface area contributed by atoms with Gasteiger partial charge in [0.05, 0.1) is 18.8 Å². The van der Waals surface area contributed by atoms with Crippen molar-refractivity contribution in [3.63, 3.8) is 0 Å². The molecule has 34 heavy (non-hydrogen) atoms. The Hall–Kier alpha value is -2.66. The maximum absolute atomic E-state index is 11.1. The number of rotatable bonds is 11. The Morgan fingerprint density at radius 3 is 2.15 bits per heavy atom. The zero-order chi connectivity index (χ0) is 24.7. The molecule has 0 fully saturated rings. The normalized spacial score (nSPS) is 11.6. The van der Waals surface area contributed by atoms with Crippen molar-refractivity contribution >= 4 is 0 Å². The van der Waals surface area contributed by atoms with Gasteiger partial charge in [0.2, 0.25) is 0 Å². The summed E-state index contributed by atoms with van der Waals surface area (Å²) in [7, 11) is 0. The number of hydrogen-bond donors (Lipinski definition) is 3. The van der Waals surface area contributed by atoms with E-state index < -0.39 is 5.60 Å². The average Bonchev–Trinajstić information content (AvgIpc) is 2.87. The molecule has 0 unspecified atom stereocenters. The second kappa shape index (κ2) is 11.7. The minimum Gasteiger partial charge on any atom is -0.489 e. The Morgan fingerprint density at radius 1 is 0.765 bits per heavy atom. The van der Waals surface area contributed by atoms with E-state index in [9.17, 15) is 15.3 Å².